The molecule has 4 saturated carbocycles. The molecule has 1 aromatic carbocycles. The van der Waals surface area contributed by atoms with Crippen molar-refractivity contribution in [1.29, 1.82) is 0 Å². The van der Waals surface area contributed by atoms with Gasteiger partial charge in [0, 0.05) is 17.3 Å². The summed E-state index contributed by atoms with van der Waals surface area (Å²) in [6, 6.07) is 7.16. The highest BCUT2D eigenvalue weighted by Gasteiger charge is 2.73. The SMILES string of the molecule is COc1ccc(/C=N/NC(=O)COC(=O)[C@]23CC[C@@H](C)[C@@](C)(O)[C@H]2C2=CC(=O)[C@@H]4[C@@]5(C)CC[C@H](O)[C@](C)(CO)[C@@H]5CC[C@@]4(C)[C@]2(C)CC3)cc1. The Labute approximate surface area is 296 Å². The maximum absolute atomic E-state index is 14.7. The number of allylic oxidation sites excluding steroid dienone is 1. The summed E-state index contributed by atoms with van der Waals surface area (Å²) in [4.78, 5) is 41.7. The molecular formula is C40H56N2O8. The minimum absolute atomic E-state index is 0.0103. The molecule has 0 aromatic heterocycles. The summed E-state index contributed by atoms with van der Waals surface area (Å²) in [6.07, 6.45) is 7.55. The van der Waals surface area contributed by atoms with Crippen molar-refractivity contribution >= 4 is 23.9 Å². The molecule has 10 heteroatoms. The van der Waals surface area contributed by atoms with E-state index < -0.39 is 63.2 Å². The number of aliphatic hydroxyl groups excluding tert-OH is 2. The summed E-state index contributed by atoms with van der Waals surface area (Å²) in [5.74, 6) is -1.53. The average molecular weight is 693 g/mol. The van der Waals surface area contributed by atoms with Crippen LogP contribution in [0.1, 0.15) is 98.5 Å². The van der Waals surface area contributed by atoms with Crippen LogP contribution < -0.4 is 10.2 Å². The van der Waals surface area contributed by atoms with E-state index in [4.69, 9.17) is 9.47 Å². The fourth-order valence-electron chi connectivity index (χ4n) is 11.9. The molecule has 10 nitrogen and oxygen atoms in total. The predicted octanol–water partition coefficient (Wildman–Crippen LogP) is 4.97. The van der Waals surface area contributed by atoms with Crippen molar-refractivity contribution in [3.05, 3.63) is 41.5 Å². The molecule has 274 valence electrons. The van der Waals surface area contributed by atoms with Gasteiger partial charge in [-0.1, -0.05) is 40.2 Å². The van der Waals surface area contributed by atoms with E-state index in [-0.39, 0.29) is 30.1 Å². The molecule has 0 radical (unpaired) electrons. The fraction of sp³-hybridized carbons (Fsp3) is 0.700. The first-order valence-electron chi connectivity index (χ1n) is 18.3. The number of methoxy groups -OCH3 is 1. The van der Waals surface area contributed by atoms with Gasteiger partial charge in [-0.15, -0.1) is 0 Å². The molecule has 0 aliphatic heterocycles. The summed E-state index contributed by atoms with van der Waals surface area (Å²) >= 11 is 0. The van der Waals surface area contributed by atoms with E-state index in [1.807, 2.05) is 13.8 Å². The van der Waals surface area contributed by atoms with E-state index in [9.17, 15) is 29.7 Å². The highest BCUT2D eigenvalue weighted by Crippen LogP contribution is 2.75. The Kier molecular flexibility index (Phi) is 9.21. The number of hydrogen-bond acceptors (Lipinski definition) is 9. The first-order valence-corrected chi connectivity index (χ1v) is 18.3. The Morgan fingerprint density at radius 3 is 2.34 bits per heavy atom. The number of fused-ring (bicyclic) bond motifs is 7. The number of ketones is 1. The minimum Gasteiger partial charge on any atom is -0.497 e. The Morgan fingerprint density at radius 2 is 1.68 bits per heavy atom. The molecule has 0 bridgehead atoms. The van der Waals surface area contributed by atoms with Gasteiger partial charge in [-0.25, -0.2) is 5.43 Å². The number of amides is 1. The largest absolute Gasteiger partial charge is 0.497 e. The first kappa shape index (κ1) is 36.7. The van der Waals surface area contributed by atoms with E-state index in [0.29, 0.717) is 44.3 Å². The number of rotatable bonds is 7. The summed E-state index contributed by atoms with van der Waals surface area (Å²) in [7, 11) is 1.58. The molecule has 50 heavy (non-hydrogen) atoms. The number of aliphatic hydroxyl groups is 3. The van der Waals surface area contributed by atoms with E-state index in [2.05, 4.69) is 31.3 Å². The summed E-state index contributed by atoms with van der Waals surface area (Å²) in [6.45, 7) is 11.8. The third kappa shape index (κ3) is 5.21. The number of hydrogen-bond donors (Lipinski definition) is 4. The van der Waals surface area contributed by atoms with Gasteiger partial charge in [0.25, 0.3) is 5.91 Å². The maximum Gasteiger partial charge on any atom is 0.313 e. The van der Waals surface area contributed by atoms with Crippen molar-refractivity contribution in [3.8, 4) is 5.75 Å². The van der Waals surface area contributed by atoms with Crippen molar-refractivity contribution in [1.82, 2.24) is 5.43 Å². The van der Waals surface area contributed by atoms with Gasteiger partial charge >= 0.3 is 5.97 Å². The normalized spacial score (nSPS) is 43.8. The zero-order valence-electron chi connectivity index (χ0n) is 30.8. The van der Waals surface area contributed by atoms with Crippen molar-refractivity contribution in [2.45, 2.75) is 105 Å². The second-order valence-corrected chi connectivity index (χ2v) is 17.4. The second-order valence-electron chi connectivity index (χ2n) is 17.4. The molecule has 1 amide bonds. The molecule has 11 atom stereocenters. The number of esters is 1. The van der Waals surface area contributed by atoms with Crippen LogP contribution >= 0.6 is 0 Å². The van der Waals surface area contributed by atoms with Crippen LogP contribution in [0.3, 0.4) is 0 Å². The van der Waals surface area contributed by atoms with Gasteiger partial charge in [0.1, 0.15) is 5.75 Å². The average Bonchev–Trinajstić information content (AvgIpc) is 3.08. The van der Waals surface area contributed by atoms with Crippen LogP contribution in [0.4, 0.5) is 0 Å². The monoisotopic (exact) mass is 692 g/mol. The van der Waals surface area contributed by atoms with Crippen molar-refractivity contribution in [2.24, 2.45) is 55.8 Å². The van der Waals surface area contributed by atoms with E-state index in [1.165, 1.54) is 6.21 Å². The van der Waals surface area contributed by atoms with Gasteiger partial charge < -0.3 is 24.8 Å². The van der Waals surface area contributed by atoms with Gasteiger partial charge in [-0.2, -0.15) is 5.10 Å². The molecule has 6 rings (SSSR count). The lowest BCUT2D eigenvalue weighted by Gasteiger charge is -2.71. The second kappa shape index (κ2) is 12.6. The van der Waals surface area contributed by atoms with Crippen LogP contribution in [0.2, 0.25) is 0 Å². The van der Waals surface area contributed by atoms with Gasteiger partial charge in [0.15, 0.2) is 12.4 Å². The number of nitrogens with zero attached hydrogens (tertiary/aromatic N) is 1. The quantitative estimate of drug-likeness (QED) is 0.177. The Hall–Kier alpha value is -3.08. The van der Waals surface area contributed by atoms with Crippen LogP contribution in [0.25, 0.3) is 0 Å². The smallest absolute Gasteiger partial charge is 0.313 e. The van der Waals surface area contributed by atoms with Gasteiger partial charge in [-0.3, -0.25) is 14.4 Å². The van der Waals surface area contributed by atoms with Crippen LogP contribution in [0.5, 0.6) is 5.75 Å². The summed E-state index contributed by atoms with van der Waals surface area (Å²) in [5.41, 5.74) is -0.457. The van der Waals surface area contributed by atoms with Crippen molar-refractivity contribution < 1.29 is 39.2 Å². The highest BCUT2D eigenvalue weighted by atomic mass is 16.5. The number of ether oxygens (including phenoxy) is 2. The lowest BCUT2D eigenvalue weighted by molar-refractivity contribution is -0.223. The Balaban J connectivity index is 1.29. The van der Waals surface area contributed by atoms with Crippen LogP contribution in [-0.4, -0.2) is 71.2 Å². The maximum atomic E-state index is 14.7. The molecule has 4 N–H and O–H groups in total. The number of carbonyl (C=O) groups is 3. The van der Waals surface area contributed by atoms with Crippen LogP contribution in [-0.2, 0) is 19.1 Å². The molecule has 4 fully saturated rings. The first-order chi connectivity index (χ1) is 23.4. The van der Waals surface area contributed by atoms with Gasteiger partial charge in [-0.05, 0) is 122 Å². The predicted molar refractivity (Wildman–Crippen MR) is 188 cm³/mol. The van der Waals surface area contributed by atoms with E-state index in [1.54, 1.807) is 44.4 Å². The fourth-order valence-corrected chi connectivity index (χ4v) is 11.9. The lowest BCUT2D eigenvalue weighted by atomic mass is 9.33. The van der Waals surface area contributed by atoms with Gasteiger partial charge in [0.2, 0.25) is 0 Å². The zero-order valence-corrected chi connectivity index (χ0v) is 30.8. The van der Waals surface area contributed by atoms with Crippen molar-refractivity contribution in [2.75, 3.05) is 20.3 Å². The number of benzene rings is 1. The van der Waals surface area contributed by atoms with Crippen molar-refractivity contribution in [3.63, 3.8) is 0 Å². The molecule has 0 saturated heterocycles. The lowest BCUT2D eigenvalue weighted by Crippen LogP contribution is -2.69. The van der Waals surface area contributed by atoms with E-state index in [0.717, 1.165) is 24.0 Å². The number of hydrazone groups is 1. The summed E-state index contributed by atoms with van der Waals surface area (Å²) < 4.78 is 10.9. The third-order valence-corrected chi connectivity index (χ3v) is 15.2. The Bertz CT molecular complexity index is 1590. The molecule has 5 aliphatic carbocycles. The van der Waals surface area contributed by atoms with Gasteiger partial charge in [0.05, 0.1) is 37.1 Å². The molecule has 5 aliphatic rings. The zero-order chi connectivity index (χ0) is 36.5. The molecule has 1 aromatic rings. The Morgan fingerprint density at radius 1 is 0.980 bits per heavy atom. The molecular weight excluding hydrogens is 636 g/mol. The number of carbonyl (C=O) groups excluding carboxylic acids is 3. The minimum atomic E-state index is -1.30. The summed E-state index contributed by atoms with van der Waals surface area (Å²) in [5, 5.41) is 38.0. The molecule has 0 spiro atoms. The topological polar surface area (TPSA) is 155 Å². The molecule has 0 unspecified atom stereocenters. The highest BCUT2D eigenvalue weighted by molar-refractivity contribution is 5.96. The third-order valence-electron chi connectivity index (χ3n) is 15.2. The van der Waals surface area contributed by atoms with E-state index >= 15 is 0 Å². The van der Waals surface area contributed by atoms with Crippen LogP contribution in [0, 0.1) is 50.7 Å². The standard InChI is InChI=1S/C40H56N2O8/c1-24-12-17-40(34(47)50-22-31(46)42-41-21-25-8-10-26(49-7)11-9-25)19-18-37(4)27(32(40)39(24,6)48)20-28(44)33-35(2)15-14-30(45)36(3,23-43)29(35)13-16-38(33,37)5/h8-11,20-21,24,29-30,32-33,43,45,48H,12-19,22-23H2,1-7H3,(H,42,46)/b41-21+/t24-,29-,30+,32-,33-,35+,36-,37-,38-,39-,40+/m1/s1. The number of nitrogens with one attached hydrogen (secondary N) is 1. The van der Waals surface area contributed by atoms with Crippen LogP contribution in [0.15, 0.2) is 41.0 Å². The molecule has 0 heterocycles.